The monoisotopic (exact) mass is 206 g/mol. The molecule has 0 aliphatic heterocycles. The maximum atomic E-state index is 5.89. The van der Waals surface area contributed by atoms with E-state index in [2.05, 4.69) is 12.1 Å². The number of aryl methyl sites for hydroxylation is 1. The van der Waals surface area contributed by atoms with Crippen molar-refractivity contribution >= 4 is 0 Å². The Kier molecular flexibility index (Phi) is 2.09. The summed E-state index contributed by atoms with van der Waals surface area (Å²) >= 11 is 0. The number of nitrogens with two attached hydrogens (primary N) is 1. The third kappa shape index (κ3) is 1.41. The van der Waals surface area contributed by atoms with E-state index in [9.17, 15) is 0 Å². The molecule has 1 saturated carbocycles. The first kappa shape index (κ1) is 9.40. The molecule has 1 heterocycles. The quantitative estimate of drug-likeness (QED) is 0.806. The molecule has 0 amide bonds. The van der Waals surface area contributed by atoms with Crippen LogP contribution in [0.2, 0.25) is 0 Å². The lowest BCUT2D eigenvalue weighted by molar-refractivity contribution is 0.332. The van der Waals surface area contributed by atoms with Crippen molar-refractivity contribution < 1.29 is 4.52 Å². The Morgan fingerprint density at radius 3 is 2.87 bits per heavy atom. The van der Waals surface area contributed by atoms with E-state index < -0.39 is 0 Å². The highest BCUT2D eigenvalue weighted by molar-refractivity contribution is 5.35. The minimum absolute atomic E-state index is 0.482. The molecule has 0 saturated heterocycles. The van der Waals surface area contributed by atoms with Gasteiger partial charge in [0.2, 0.25) is 0 Å². The molecule has 15 heavy (non-hydrogen) atoms. The van der Waals surface area contributed by atoms with Gasteiger partial charge in [-0.25, -0.2) is 0 Å². The zero-order valence-corrected chi connectivity index (χ0v) is 9.20. The highest BCUT2D eigenvalue weighted by atomic mass is 16.5. The Labute approximate surface area is 90.0 Å². The summed E-state index contributed by atoms with van der Waals surface area (Å²) in [6.07, 6.45) is 4.80. The third-order valence-electron chi connectivity index (χ3n) is 3.93. The van der Waals surface area contributed by atoms with Crippen LogP contribution in [0.1, 0.15) is 55.0 Å². The number of hydrogen-bond donors (Lipinski definition) is 1. The molecule has 0 spiro atoms. The molecule has 2 atom stereocenters. The lowest BCUT2D eigenvalue weighted by Crippen LogP contribution is -2.25. The van der Waals surface area contributed by atoms with E-state index in [-0.39, 0.29) is 0 Å². The van der Waals surface area contributed by atoms with Gasteiger partial charge in [0.25, 0.3) is 0 Å². The van der Waals surface area contributed by atoms with Crippen LogP contribution in [-0.2, 0) is 6.42 Å². The van der Waals surface area contributed by atoms with Crippen molar-refractivity contribution in [2.24, 2.45) is 11.7 Å². The minimum atomic E-state index is 0.482. The summed E-state index contributed by atoms with van der Waals surface area (Å²) in [5.41, 5.74) is 8.49. The van der Waals surface area contributed by atoms with Gasteiger partial charge in [-0.15, -0.1) is 0 Å². The van der Waals surface area contributed by atoms with Crippen LogP contribution < -0.4 is 5.73 Å². The van der Waals surface area contributed by atoms with Crippen molar-refractivity contribution in [2.45, 2.75) is 44.4 Å². The summed E-state index contributed by atoms with van der Waals surface area (Å²) in [5.74, 6) is 2.96. The van der Waals surface area contributed by atoms with E-state index in [1.165, 1.54) is 30.5 Å². The Balaban J connectivity index is 2.03. The van der Waals surface area contributed by atoms with Gasteiger partial charge in [0.05, 0.1) is 5.69 Å². The average Bonchev–Trinajstić information content (AvgIpc) is 2.99. The summed E-state index contributed by atoms with van der Waals surface area (Å²) in [6, 6.07) is 0. The molecule has 1 fully saturated rings. The summed E-state index contributed by atoms with van der Waals surface area (Å²) in [5, 5.41) is 4.26. The van der Waals surface area contributed by atoms with Crippen molar-refractivity contribution in [3.05, 3.63) is 17.0 Å². The Morgan fingerprint density at radius 2 is 2.20 bits per heavy atom. The summed E-state index contributed by atoms with van der Waals surface area (Å²) in [6.45, 7) is 3.03. The van der Waals surface area contributed by atoms with Gasteiger partial charge >= 0.3 is 0 Å². The van der Waals surface area contributed by atoms with Crippen LogP contribution in [-0.4, -0.2) is 11.7 Å². The van der Waals surface area contributed by atoms with Gasteiger partial charge in [0.15, 0.2) is 0 Å². The Bertz CT molecular complexity index is 368. The van der Waals surface area contributed by atoms with Crippen LogP contribution >= 0.6 is 0 Å². The second-order valence-corrected chi connectivity index (χ2v) is 5.04. The van der Waals surface area contributed by atoms with Crippen LogP contribution in [0.25, 0.3) is 0 Å². The SMILES string of the molecule is CC1CCc2onc(C3CC3)c2C1CN. The molecule has 3 nitrogen and oxygen atoms in total. The second-order valence-electron chi connectivity index (χ2n) is 5.04. The average molecular weight is 206 g/mol. The predicted octanol–water partition coefficient (Wildman–Crippen LogP) is 2.18. The molecule has 3 heteroatoms. The summed E-state index contributed by atoms with van der Waals surface area (Å²) in [4.78, 5) is 0. The molecular weight excluding hydrogens is 188 g/mol. The van der Waals surface area contributed by atoms with Gasteiger partial charge in [0.1, 0.15) is 5.76 Å². The maximum Gasteiger partial charge on any atom is 0.140 e. The zero-order chi connectivity index (χ0) is 10.4. The molecule has 0 aromatic carbocycles. The normalized spacial score (nSPS) is 30.3. The van der Waals surface area contributed by atoms with Crippen molar-refractivity contribution in [1.82, 2.24) is 5.16 Å². The third-order valence-corrected chi connectivity index (χ3v) is 3.93. The fourth-order valence-electron chi connectivity index (χ4n) is 2.77. The molecule has 2 aliphatic rings. The van der Waals surface area contributed by atoms with Gasteiger partial charge in [-0.3, -0.25) is 0 Å². The Morgan fingerprint density at radius 1 is 1.40 bits per heavy atom. The summed E-state index contributed by atoms with van der Waals surface area (Å²) < 4.78 is 5.46. The molecule has 82 valence electrons. The Hall–Kier alpha value is -0.830. The molecule has 3 rings (SSSR count). The van der Waals surface area contributed by atoms with Crippen LogP contribution in [0.15, 0.2) is 4.52 Å². The van der Waals surface area contributed by atoms with E-state index in [1.807, 2.05) is 0 Å². The van der Waals surface area contributed by atoms with Gasteiger partial charge in [-0.05, 0) is 31.7 Å². The largest absolute Gasteiger partial charge is 0.361 e. The van der Waals surface area contributed by atoms with Crippen LogP contribution in [0.4, 0.5) is 0 Å². The van der Waals surface area contributed by atoms with E-state index in [0.717, 1.165) is 18.7 Å². The van der Waals surface area contributed by atoms with Crippen LogP contribution in [0, 0.1) is 5.92 Å². The number of rotatable bonds is 2. The van der Waals surface area contributed by atoms with E-state index in [1.54, 1.807) is 0 Å². The molecule has 2 unspecified atom stereocenters. The van der Waals surface area contributed by atoms with E-state index >= 15 is 0 Å². The highest BCUT2D eigenvalue weighted by Gasteiger charge is 2.37. The van der Waals surface area contributed by atoms with Gasteiger partial charge in [-0.2, -0.15) is 0 Å². The number of hydrogen-bond acceptors (Lipinski definition) is 3. The van der Waals surface area contributed by atoms with Crippen LogP contribution in [0.5, 0.6) is 0 Å². The fourth-order valence-corrected chi connectivity index (χ4v) is 2.77. The lowest BCUT2D eigenvalue weighted by Gasteiger charge is -2.27. The molecule has 0 radical (unpaired) electrons. The van der Waals surface area contributed by atoms with Gasteiger partial charge in [-0.1, -0.05) is 12.1 Å². The van der Waals surface area contributed by atoms with Gasteiger partial charge < -0.3 is 10.3 Å². The molecule has 0 bridgehead atoms. The molecule has 1 aromatic rings. The van der Waals surface area contributed by atoms with Crippen molar-refractivity contribution in [3.63, 3.8) is 0 Å². The summed E-state index contributed by atoms with van der Waals surface area (Å²) in [7, 11) is 0. The van der Waals surface area contributed by atoms with Gasteiger partial charge in [0, 0.05) is 23.8 Å². The minimum Gasteiger partial charge on any atom is -0.361 e. The molecule has 2 N–H and O–H groups in total. The van der Waals surface area contributed by atoms with Crippen LogP contribution in [0.3, 0.4) is 0 Å². The first-order chi connectivity index (χ1) is 7.31. The second kappa shape index (κ2) is 3.34. The van der Waals surface area contributed by atoms with Crippen molar-refractivity contribution in [3.8, 4) is 0 Å². The molecule has 2 aliphatic carbocycles. The fraction of sp³-hybridized carbons (Fsp3) is 0.750. The lowest BCUT2D eigenvalue weighted by atomic mass is 9.77. The first-order valence-corrected chi connectivity index (χ1v) is 5.99. The van der Waals surface area contributed by atoms with E-state index in [4.69, 9.17) is 10.3 Å². The number of nitrogens with zero attached hydrogens (tertiary/aromatic N) is 1. The molecule has 1 aromatic heterocycles. The smallest absolute Gasteiger partial charge is 0.140 e. The highest BCUT2D eigenvalue weighted by Crippen LogP contribution is 2.47. The topological polar surface area (TPSA) is 52.0 Å². The van der Waals surface area contributed by atoms with E-state index in [0.29, 0.717) is 17.8 Å². The molecular formula is C12H18N2O. The van der Waals surface area contributed by atoms with Crippen molar-refractivity contribution in [1.29, 1.82) is 0 Å². The zero-order valence-electron chi connectivity index (χ0n) is 9.20. The first-order valence-electron chi connectivity index (χ1n) is 5.99. The standard InChI is InChI=1S/C12H18N2O/c1-7-2-5-10-11(9(7)6-13)12(14-15-10)8-3-4-8/h7-9H,2-6,13H2,1H3. The predicted molar refractivity (Wildman–Crippen MR) is 57.8 cm³/mol. The van der Waals surface area contributed by atoms with Crippen molar-refractivity contribution in [2.75, 3.05) is 6.54 Å². The number of aromatic nitrogens is 1. The number of fused-ring (bicyclic) bond motifs is 1. The maximum absolute atomic E-state index is 5.89.